The molecule has 1 amide bonds. The summed E-state index contributed by atoms with van der Waals surface area (Å²) in [6.45, 7) is 10.9. The molecule has 0 radical (unpaired) electrons. The van der Waals surface area contributed by atoms with Gasteiger partial charge in [0.1, 0.15) is 11.4 Å². The summed E-state index contributed by atoms with van der Waals surface area (Å²) < 4.78 is 39.6. The third-order valence-electron chi connectivity index (χ3n) is 11.7. The van der Waals surface area contributed by atoms with Crippen molar-refractivity contribution in [3.63, 3.8) is 0 Å². The number of benzene rings is 1. The molecule has 8 nitrogen and oxygen atoms in total. The van der Waals surface area contributed by atoms with E-state index in [0.717, 1.165) is 69.8 Å². The van der Waals surface area contributed by atoms with Gasteiger partial charge in [-0.05, 0) is 149 Å². The average molecular weight is 620 g/mol. The van der Waals surface area contributed by atoms with Gasteiger partial charge in [0.2, 0.25) is 0 Å². The topological polar surface area (TPSA) is 122 Å². The van der Waals surface area contributed by atoms with Crippen LogP contribution in [0.3, 0.4) is 0 Å². The summed E-state index contributed by atoms with van der Waals surface area (Å²) >= 11 is 0. The third kappa shape index (κ3) is 6.89. The number of hydrogen-bond acceptors (Lipinski definition) is 7. The van der Waals surface area contributed by atoms with Gasteiger partial charge in [0.15, 0.2) is 0 Å². The van der Waals surface area contributed by atoms with Crippen LogP contribution in [-0.2, 0) is 21.2 Å². The second-order valence-corrected chi connectivity index (χ2v) is 16.8. The Hall–Kier alpha value is -1.84. The molecule has 5 rings (SSSR count). The fourth-order valence-electron chi connectivity index (χ4n) is 9.31. The number of carbonyl (C=O) groups excluding carboxylic acids is 1. The van der Waals surface area contributed by atoms with Crippen molar-refractivity contribution < 1.29 is 32.9 Å². The molecule has 242 valence electrons. The molecule has 43 heavy (non-hydrogen) atoms. The van der Waals surface area contributed by atoms with E-state index in [1.807, 2.05) is 13.8 Å². The van der Waals surface area contributed by atoms with Gasteiger partial charge in [-0.3, -0.25) is 0 Å². The highest BCUT2D eigenvalue weighted by Crippen LogP contribution is 2.63. The summed E-state index contributed by atoms with van der Waals surface area (Å²) in [7, 11) is -4.08. The fraction of sp³-hybridized carbons (Fsp3) is 0.794. The highest BCUT2D eigenvalue weighted by molar-refractivity contribution is 7.90. The van der Waals surface area contributed by atoms with Crippen LogP contribution >= 0.6 is 0 Å². The maximum absolute atomic E-state index is 13.0. The number of amides is 1. The molecule has 0 aromatic heterocycles. The van der Waals surface area contributed by atoms with Crippen LogP contribution < -0.4 is 9.46 Å². The molecule has 3 saturated carbocycles. The number of sulfonamides is 1. The number of fused-ring (bicyclic) bond motifs is 4. The van der Waals surface area contributed by atoms with E-state index >= 15 is 0 Å². The number of rotatable bonds is 5. The largest absolute Gasteiger partial charge is 0.488 e. The quantitative estimate of drug-likeness (QED) is 0.358. The van der Waals surface area contributed by atoms with Gasteiger partial charge in [0, 0.05) is 0 Å². The number of aliphatic hydroxyl groups excluding tert-OH is 2. The Morgan fingerprint density at radius 2 is 1.84 bits per heavy atom. The van der Waals surface area contributed by atoms with Gasteiger partial charge >= 0.3 is 6.09 Å². The molecule has 0 bridgehead atoms. The van der Waals surface area contributed by atoms with Crippen molar-refractivity contribution >= 4 is 16.1 Å². The van der Waals surface area contributed by atoms with Gasteiger partial charge in [0.05, 0.1) is 23.7 Å². The van der Waals surface area contributed by atoms with Crippen molar-refractivity contribution in [3.8, 4) is 5.75 Å². The number of carbonyl (C=O) groups is 1. The Labute approximate surface area is 258 Å². The Balaban J connectivity index is 1.20. The second kappa shape index (κ2) is 12.5. The zero-order valence-electron chi connectivity index (χ0n) is 26.7. The maximum Gasteiger partial charge on any atom is 0.421 e. The summed E-state index contributed by atoms with van der Waals surface area (Å²) in [5.41, 5.74) is 0.560. The monoisotopic (exact) mass is 619 g/mol. The normalized spacial score (nSPS) is 36.7. The van der Waals surface area contributed by atoms with E-state index in [1.165, 1.54) is 6.07 Å². The van der Waals surface area contributed by atoms with Crippen LogP contribution in [-0.4, -0.2) is 49.1 Å². The van der Waals surface area contributed by atoms with Crippen molar-refractivity contribution in [2.75, 3.05) is 6.61 Å². The van der Waals surface area contributed by atoms with Crippen LogP contribution in [0.4, 0.5) is 4.79 Å². The molecule has 3 unspecified atom stereocenters. The molecular weight excluding hydrogens is 566 g/mol. The molecule has 1 heterocycles. The van der Waals surface area contributed by atoms with Crippen molar-refractivity contribution in [2.24, 2.45) is 40.9 Å². The molecule has 0 saturated heterocycles. The standard InChI is InChI=1S/C34H53NO7S/c1-21-9-10-24(36)7-6-8-29(37)31-26(21)16-18-34(5)27(12-13-28(31)34)22(2)20-41-32(38)35-43(39,40)25-11-14-30-23(19-25)15-17-33(3,4)42-30/h11,14,19,21-22,24,26-29,31,36-37H,6-10,12-13,15-18,20H2,1-5H3,(H,35,38)/t21?,22-,24+,26-,27?,28+,29-,31-,34?/m1/s1. The third-order valence-corrected chi connectivity index (χ3v) is 13.0. The minimum Gasteiger partial charge on any atom is -0.488 e. The minimum absolute atomic E-state index is 0.0236. The van der Waals surface area contributed by atoms with E-state index in [9.17, 15) is 23.4 Å². The molecular formula is C34H53NO7S. The molecule has 1 aliphatic heterocycles. The SMILES string of the molecule is CC1CC[C@@H](O)CCC[C@@H](O)[C@@H]2[C@@H]1CCC1(C)C([C@H](C)COC(=O)NS(=O)(=O)c3ccc4c(c3)CCC(C)(C)O4)CC[C@@H]21. The van der Waals surface area contributed by atoms with Crippen molar-refractivity contribution in [3.05, 3.63) is 23.8 Å². The first kappa shape index (κ1) is 32.6. The molecule has 3 fully saturated rings. The van der Waals surface area contributed by atoms with E-state index in [0.29, 0.717) is 35.8 Å². The Morgan fingerprint density at radius 1 is 1.07 bits per heavy atom. The minimum atomic E-state index is -4.08. The molecule has 0 spiro atoms. The lowest BCUT2D eigenvalue weighted by molar-refractivity contribution is -0.0847. The van der Waals surface area contributed by atoms with Crippen molar-refractivity contribution in [1.82, 2.24) is 4.72 Å². The number of aliphatic hydroxyl groups is 2. The van der Waals surface area contributed by atoms with Crippen molar-refractivity contribution in [2.45, 2.75) is 128 Å². The van der Waals surface area contributed by atoms with Gasteiger partial charge in [0.25, 0.3) is 10.0 Å². The summed E-state index contributed by atoms with van der Waals surface area (Å²) in [6, 6.07) is 4.70. The maximum atomic E-state index is 13.0. The van der Waals surface area contributed by atoms with E-state index in [2.05, 4.69) is 25.5 Å². The van der Waals surface area contributed by atoms with Crippen LogP contribution in [0, 0.1) is 40.9 Å². The first-order chi connectivity index (χ1) is 20.2. The zero-order chi connectivity index (χ0) is 31.2. The predicted molar refractivity (Wildman–Crippen MR) is 165 cm³/mol. The molecule has 3 N–H and O–H groups in total. The Morgan fingerprint density at radius 3 is 2.60 bits per heavy atom. The lowest BCUT2D eigenvalue weighted by atomic mass is 9.53. The molecule has 3 aliphatic carbocycles. The van der Waals surface area contributed by atoms with Gasteiger partial charge in [-0.15, -0.1) is 0 Å². The number of hydrogen-bond donors (Lipinski definition) is 3. The lowest BCUT2D eigenvalue weighted by Gasteiger charge is -2.53. The lowest BCUT2D eigenvalue weighted by Crippen LogP contribution is -2.49. The van der Waals surface area contributed by atoms with E-state index in [4.69, 9.17) is 9.47 Å². The first-order valence-electron chi connectivity index (χ1n) is 16.6. The van der Waals surface area contributed by atoms with Crippen LogP contribution in [0.25, 0.3) is 0 Å². The smallest absolute Gasteiger partial charge is 0.421 e. The average Bonchev–Trinajstić information content (AvgIpc) is 3.29. The van der Waals surface area contributed by atoms with E-state index in [-0.39, 0.29) is 46.6 Å². The van der Waals surface area contributed by atoms with Crippen LogP contribution in [0.5, 0.6) is 5.75 Å². The molecule has 1 aromatic rings. The highest BCUT2D eigenvalue weighted by atomic mass is 32.2. The number of ether oxygens (including phenoxy) is 2. The van der Waals surface area contributed by atoms with Gasteiger partial charge in [-0.25, -0.2) is 17.9 Å². The van der Waals surface area contributed by atoms with Gasteiger partial charge in [-0.2, -0.15) is 0 Å². The zero-order valence-corrected chi connectivity index (χ0v) is 27.5. The van der Waals surface area contributed by atoms with E-state index < -0.39 is 16.1 Å². The van der Waals surface area contributed by atoms with E-state index in [1.54, 1.807) is 12.1 Å². The predicted octanol–water partition coefficient (Wildman–Crippen LogP) is 6.22. The summed E-state index contributed by atoms with van der Waals surface area (Å²) in [5, 5.41) is 21.8. The van der Waals surface area contributed by atoms with Gasteiger partial charge < -0.3 is 19.7 Å². The summed E-state index contributed by atoms with van der Waals surface area (Å²) in [6.07, 6.45) is 8.33. The summed E-state index contributed by atoms with van der Waals surface area (Å²) in [4.78, 5) is 12.7. The Bertz CT molecular complexity index is 1270. The van der Waals surface area contributed by atoms with Crippen LogP contribution in [0.1, 0.15) is 104 Å². The second-order valence-electron chi connectivity index (χ2n) is 15.1. The van der Waals surface area contributed by atoms with Gasteiger partial charge in [-0.1, -0.05) is 20.8 Å². The Kier molecular flexibility index (Phi) is 9.47. The molecule has 4 aliphatic rings. The highest BCUT2D eigenvalue weighted by Gasteiger charge is 2.57. The van der Waals surface area contributed by atoms with Crippen LogP contribution in [0.15, 0.2) is 23.1 Å². The molecule has 1 aromatic carbocycles. The molecule has 9 atom stereocenters. The molecule has 9 heteroatoms. The van der Waals surface area contributed by atoms with Crippen molar-refractivity contribution in [1.29, 1.82) is 0 Å². The fourth-order valence-corrected chi connectivity index (χ4v) is 10.3. The summed E-state index contributed by atoms with van der Waals surface area (Å²) in [5.74, 6) is 2.66. The first-order valence-corrected chi connectivity index (χ1v) is 18.1. The number of aryl methyl sites for hydroxylation is 1. The number of nitrogens with one attached hydrogen (secondary N) is 1. The van der Waals surface area contributed by atoms with Crippen LogP contribution in [0.2, 0.25) is 0 Å².